The molecule has 0 aliphatic rings. The summed E-state index contributed by atoms with van der Waals surface area (Å²) in [5, 5.41) is 11.5. The van der Waals surface area contributed by atoms with Gasteiger partial charge in [-0.1, -0.05) is 0 Å². The maximum absolute atomic E-state index is 13.4. The van der Waals surface area contributed by atoms with Gasteiger partial charge in [0.1, 0.15) is 6.54 Å². The quantitative estimate of drug-likeness (QED) is 0.637. The zero-order valence-corrected chi connectivity index (χ0v) is 16.7. The summed E-state index contributed by atoms with van der Waals surface area (Å²) < 4.78 is 30.7. The van der Waals surface area contributed by atoms with Gasteiger partial charge in [0, 0.05) is 17.8 Å². The van der Waals surface area contributed by atoms with E-state index in [0.717, 1.165) is 10.2 Å². The lowest BCUT2D eigenvalue weighted by molar-refractivity contribution is -0.122. The number of aromatic nitrogens is 5. The van der Waals surface area contributed by atoms with Crippen LogP contribution in [0.15, 0.2) is 16.7 Å². The summed E-state index contributed by atoms with van der Waals surface area (Å²) in [4.78, 5) is 16.7. The molecule has 10 heteroatoms. The molecule has 7 nitrogen and oxygen atoms in total. The molecule has 0 atom stereocenters. The normalized spacial score (nSPS) is 11.5. The van der Waals surface area contributed by atoms with Crippen molar-refractivity contribution in [2.24, 2.45) is 0 Å². The van der Waals surface area contributed by atoms with Gasteiger partial charge in [-0.2, -0.15) is 10.2 Å². The second kappa shape index (κ2) is 7.71. The van der Waals surface area contributed by atoms with E-state index < -0.39 is 6.43 Å². The van der Waals surface area contributed by atoms with Crippen LogP contribution in [0.5, 0.6) is 0 Å². The van der Waals surface area contributed by atoms with Gasteiger partial charge in [0.2, 0.25) is 5.91 Å². The number of hydrogen-bond donors (Lipinski definition) is 1. The SMILES string of the molecule is CCn1ncc(Br)c1CNC(=O)Cn1nc(C)c2c(C(F)F)cc(C)nc21. The Balaban J connectivity index is 1.82. The van der Waals surface area contributed by atoms with Gasteiger partial charge in [0.25, 0.3) is 6.43 Å². The number of alkyl halides is 2. The molecule has 0 aliphatic carbocycles. The lowest BCUT2D eigenvalue weighted by Gasteiger charge is -2.09. The van der Waals surface area contributed by atoms with Crippen molar-refractivity contribution < 1.29 is 13.6 Å². The molecule has 0 saturated heterocycles. The number of nitrogens with one attached hydrogen (secondary N) is 1. The molecule has 0 unspecified atom stereocenters. The van der Waals surface area contributed by atoms with Crippen LogP contribution in [0.4, 0.5) is 8.78 Å². The Labute approximate surface area is 162 Å². The Hall–Kier alpha value is -2.36. The molecule has 3 aromatic rings. The van der Waals surface area contributed by atoms with Crippen molar-refractivity contribution in [3.8, 4) is 0 Å². The van der Waals surface area contributed by atoms with E-state index >= 15 is 0 Å². The summed E-state index contributed by atoms with van der Waals surface area (Å²) in [7, 11) is 0. The van der Waals surface area contributed by atoms with E-state index in [-0.39, 0.29) is 23.7 Å². The number of aryl methyl sites for hydroxylation is 3. The summed E-state index contributed by atoms with van der Waals surface area (Å²) in [5.41, 5.74) is 1.90. The fourth-order valence-electron chi connectivity index (χ4n) is 3.01. The third-order valence-corrected chi connectivity index (χ3v) is 4.88. The van der Waals surface area contributed by atoms with Crippen LogP contribution in [0.25, 0.3) is 11.0 Å². The van der Waals surface area contributed by atoms with Crippen LogP contribution in [0.2, 0.25) is 0 Å². The standard InChI is InChI=1S/C17H19BrF2N6O/c1-4-25-13(12(18)6-22-25)7-21-14(27)8-26-17-15(10(3)24-26)11(16(19)20)5-9(2)23-17/h5-6,16H,4,7-8H2,1-3H3,(H,21,27). The summed E-state index contributed by atoms with van der Waals surface area (Å²) in [5.74, 6) is -0.294. The van der Waals surface area contributed by atoms with Crippen LogP contribution < -0.4 is 5.32 Å². The highest BCUT2D eigenvalue weighted by Gasteiger charge is 2.20. The number of amides is 1. The van der Waals surface area contributed by atoms with Gasteiger partial charge < -0.3 is 5.32 Å². The monoisotopic (exact) mass is 440 g/mol. The molecule has 0 aliphatic heterocycles. The fourth-order valence-corrected chi connectivity index (χ4v) is 3.45. The molecule has 0 radical (unpaired) electrons. The molecular weight excluding hydrogens is 422 g/mol. The maximum atomic E-state index is 13.4. The minimum atomic E-state index is -2.63. The zero-order valence-electron chi connectivity index (χ0n) is 15.1. The second-order valence-electron chi connectivity index (χ2n) is 6.13. The third-order valence-electron chi connectivity index (χ3n) is 4.21. The molecule has 0 spiro atoms. The Morgan fingerprint density at radius 2 is 2.07 bits per heavy atom. The zero-order chi connectivity index (χ0) is 19.7. The van der Waals surface area contributed by atoms with E-state index in [4.69, 9.17) is 0 Å². The Bertz CT molecular complexity index is 997. The van der Waals surface area contributed by atoms with Crippen molar-refractivity contribution in [2.45, 2.75) is 46.8 Å². The van der Waals surface area contributed by atoms with Crippen LogP contribution in [0.3, 0.4) is 0 Å². The van der Waals surface area contributed by atoms with Crippen LogP contribution in [0, 0.1) is 13.8 Å². The second-order valence-corrected chi connectivity index (χ2v) is 6.98. The van der Waals surface area contributed by atoms with E-state index in [1.807, 2.05) is 6.92 Å². The molecule has 1 N–H and O–H groups in total. The van der Waals surface area contributed by atoms with Crippen molar-refractivity contribution in [1.82, 2.24) is 29.9 Å². The van der Waals surface area contributed by atoms with E-state index in [2.05, 4.69) is 36.4 Å². The molecule has 3 heterocycles. The van der Waals surface area contributed by atoms with Crippen molar-refractivity contribution in [3.63, 3.8) is 0 Å². The molecular formula is C17H19BrF2N6O. The first-order valence-electron chi connectivity index (χ1n) is 8.41. The molecule has 0 aromatic carbocycles. The van der Waals surface area contributed by atoms with Gasteiger partial charge in [-0.15, -0.1) is 0 Å². The predicted molar refractivity (Wildman–Crippen MR) is 99.4 cm³/mol. The molecule has 0 bridgehead atoms. The van der Waals surface area contributed by atoms with Crippen molar-refractivity contribution >= 4 is 32.9 Å². The molecule has 144 valence electrons. The third kappa shape index (κ3) is 3.85. The van der Waals surface area contributed by atoms with Crippen molar-refractivity contribution in [1.29, 1.82) is 0 Å². The number of fused-ring (bicyclic) bond motifs is 1. The van der Waals surface area contributed by atoms with Crippen LogP contribution in [-0.2, 0) is 24.4 Å². The Morgan fingerprint density at radius 1 is 1.33 bits per heavy atom. The highest BCUT2D eigenvalue weighted by molar-refractivity contribution is 9.10. The Kier molecular flexibility index (Phi) is 5.54. The summed E-state index contributed by atoms with van der Waals surface area (Å²) in [6.07, 6.45) is -0.959. The number of carbonyl (C=O) groups excluding carboxylic acids is 1. The van der Waals surface area contributed by atoms with Gasteiger partial charge in [-0.05, 0) is 42.8 Å². The van der Waals surface area contributed by atoms with E-state index in [1.165, 1.54) is 10.7 Å². The van der Waals surface area contributed by atoms with Crippen LogP contribution in [-0.4, -0.2) is 30.5 Å². The number of hydrogen-bond acceptors (Lipinski definition) is 4. The largest absolute Gasteiger partial charge is 0.349 e. The molecule has 3 rings (SSSR count). The number of carbonyl (C=O) groups is 1. The van der Waals surface area contributed by atoms with Gasteiger partial charge in [0.05, 0.1) is 34.0 Å². The lowest BCUT2D eigenvalue weighted by atomic mass is 10.1. The van der Waals surface area contributed by atoms with Gasteiger partial charge in [0.15, 0.2) is 5.65 Å². The molecule has 0 fully saturated rings. The summed E-state index contributed by atoms with van der Waals surface area (Å²) in [6, 6.07) is 1.36. The maximum Gasteiger partial charge on any atom is 0.264 e. The minimum absolute atomic E-state index is 0.110. The fraction of sp³-hybridized carbons (Fsp3) is 0.412. The number of nitrogens with zero attached hydrogens (tertiary/aromatic N) is 5. The summed E-state index contributed by atoms with van der Waals surface area (Å²) in [6.45, 7) is 6.09. The predicted octanol–water partition coefficient (Wildman–Crippen LogP) is 3.28. The van der Waals surface area contributed by atoms with Crippen LogP contribution >= 0.6 is 15.9 Å². The molecule has 27 heavy (non-hydrogen) atoms. The van der Waals surface area contributed by atoms with Gasteiger partial charge in [-0.3, -0.25) is 9.48 Å². The lowest BCUT2D eigenvalue weighted by Crippen LogP contribution is -2.28. The van der Waals surface area contributed by atoms with E-state index in [1.54, 1.807) is 24.7 Å². The topological polar surface area (TPSA) is 77.6 Å². The first-order valence-corrected chi connectivity index (χ1v) is 9.20. The highest BCUT2D eigenvalue weighted by Crippen LogP contribution is 2.29. The first kappa shape index (κ1) is 19.4. The van der Waals surface area contributed by atoms with E-state index in [0.29, 0.717) is 29.9 Å². The van der Waals surface area contributed by atoms with Gasteiger partial charge in [-0.25, -0.2) is 18.4 Å². The number of rotatable bonds is 6. The molecule has 3 aromatic heterocycles. The average molecular weight is 441 g/mol. The van der Waals surface area contributed by atoms with E-state index in [9.17, 15) is 13.6 Å². The van der Waals surface area contributed by atoms with Crippen molar-refractivity contribution in [3.05, 3.63) is 39.4 Å². The average Bonchev–Trinajstić information content (AvgIpc) is 3.12. The highest BCUT2D eigenvalue weighted by atomic mass is 79.9. The smallest absolute Gasteiger partial charge is 0.264 e. The minimum Gasteiger partial charge on any atom is -0.349 e. The van der Waals surface area contributed by atoms with Gasteiger partial charge >= 0.3 is 0 Å². The summed E-state index contributed by atoms with van der Waals surface area (Å²) >= 11 is 3.41. The Morgan fingerprint density at radius 3 is 2.74 bits per heavy atom. The van der Waals surface area contributed by atoms with Crippen LogP contribution in [0.1, 0.15) is 36.0 Å². The van der Waals surface area contributed by atoms with Crippen molar-refractivity contribution in [2.75, 3.05) is 0 Å². The number of pyridine rings is 1. The first-order chi connectivity index (χ1) is 12.8. The molecule has 0 saturated carbocycles. The molecule has 1 amide bonds. The number of halogens is 3.